The first kappa shape index (κ1) is 14.0. The van der Waals surface area contributed by atoms with E-state index in [1.807, 2.05) is 49.3 Å². The first-order valence-corrected chi connectivity index (χ1v) is 6.71. The zero-order valence-corrected chi connectivity index (χ0v) is 12.2. The molecule has 0 bridgehead atoms. The molecular formula is C15H23N3O. The summed E-state index contributed by atoms with van der Waals surface area (Å²) in [5.74, 6) is 0.166. The summed E-state index contributed by atoms with van der Waals surface area (Å²) in [6, 6.07) is 9.83. The molecule has 2 rings (SSSR count). The van der Waals surface area contributed by atoms with Crippen LogP contribution in [0.2, 0.25) is 0 Å². The third kappa shape index (κ3) is 2.65. The highest BCUT2D eigenvalue weighted by Gasteiger charge is 2.43. The fourth-order valence-electron chi connectivity index (χ4n) is 2.92. The molecule has 1 amide bonds. The van der Waals surface area contributed by atoms with Gasteiger partial charge in [0.05, 0.1) is 5.54 Å². The molecule has 1 aromatic rings. The van der Waals surface area contributed by atoms with Gasteiger partial charge in [0, 0.05) is 18.8 Å². The highest BCUT2D eigenvalue weighted by Crippen LogP contribution is 2.30. The predicted molar refractivity (Wildman–Crippen MR) is 78.4 cm³/mol. The zero-order chi connectivity index (χ0) is 14.0. The second-order valence-electron chi connectivity index (χ2n) is 5.81. The first-order chi connectivity index (χ1) is 8.97. The van der Waals surface area contributed by atoms with Crippen molar-refractivity contribution in [3.63, 3.8) is 0 Å². The summed E-state index contributed by atoms with van der Waals surface area (Å²) in [6.07, 6.45) is 0. The highest BCUT2D eigenvalue weighted by molar-refractivity contribution is 5.99. The topological polar surface area (TPSA) is 35.6 Å². The van der Waals surface area contributed by atoms with Gasteiger partial charge in [-0.2, -0.15) is 0 Å². The largest absolute Gasteiger partial charge is 0.318 e. The average molecular weight is 261 g/mol. The van der Waals surface area contributed by atoms with E-state index < -0.39 is 0 Å². The molecule has 0 aliphatic carbocycles. The second-order valence-corrected chi connectivity index (χ2v) is 5.81. The van der Waals surface area contributed by atoms with Crippen molar-refractivity contribution in [1.82, 2.24) is 10.2 Å². The van der Waals surface area contributed by atoms with Crippen molar-refractivity contribution in [2.45, 2.75) is 25.4 Å². The Morgan fingerprint density at radius 3 is 2.53 bits per heavy atom. The summed E-state index contributed by atoms with van der Waals surface area (Å²) < 4.78 is 0. The van der Waals surface area contributed by atoms with Gasteiger partial charge >= 0.3 is 0 Å². The molecule has 0 saturated carbocycles. The SMILES string of the molecule is CNCC1C(=O)N(c2ccccc2)C(C)(C)CN1C. The molecule has 4 heteroatoms. The molecule has 1 unspecified atom stereocenters. The molecular weight excluding hydrogens is 238 g/mol. The number of para-hydroxylation sites is 1. The number of piperazine rings is 1. The Bertz CT molecular complexity index is 444. The van der Waals surface area contributed by atoms with E-state index >= 15 is 0 Å². The molecule has 0 aromatic heterocycles. The minimum Gasteiger partial charge on any atom is -0.318 e. The van der Waals surface area contributed by atoms with Crippen LogP contribution in [0.15, 0.2) is 30.3 Å². The van der Waals surface area contributed by atoms with Gasteiger partial charge in [-0.3, -0.25) is 9.69 Å². The van der Waals surface area contributed by atoms with Crippen LogP contribution in [0.1, 0.15) is 13.8 Å². The molecule has 1 aliphatic heterocycles. The van der Waals surface area contributed by atoms with Gasteiger partial charge in [0.1, 0.15) is 6.04 Å². The van der Waals surface area contributed by atoms with Crippen LogP contribution in [0, 0.1) is 0 Å². The first-order valence-electron chi connectivity index (χ1n) is 6.71. The molecule has 1 heterocycles. The highest BCUT2D eigenvalue weighted by atomic mass is 16.2. The summed E-state index contributed by atoms with van der Waals surface area (Å²) in [5, 5.41) is 3.11. The Morgan fingerprint density at radius 2 is 1.95 bits per heavy atom. The van der Waals surface area contributed by atoms with Crippen LogP contribution in [0.3, 0.4) is 0 Å². The fraction of sp³-hybridized carbons (Fsp3) is 0.533. The molecule has 0 radical (unpaired) electrons. The Kier molecular flexibility index (Phi) is 3.92. The molecule has 1 fully saturated rings. The maximum absolute atomic E-state index is 12.8. The number of rotatable bonds is 3. The molecule has 4 nitrogen and oxygen atoms in total. The number of likely N-dealkylation sites (N-methyl/N-ethyl adjacent to an activating group) is 2. The quantitative estimate of drug-likeness (QED) is 0.891. The maximum atomic E-state index is 12.8. The molecule has 1 aliphatic rings. The van der Waals surface area contributed by atoms with Crippen molar-refractivity contribution in [2.75, 3.05) is 32.1 Å². The standard InChI is InChI=1S/C15H23N3O/c1-15(2)11-17(4)13(10-16-3)14(19)18(15)12-8-6-5-7-9-12/h5-9,13,16H,10-11H2,1-4H3. The molecule has 0 spiro atoms. The van der Waals surface area contributed by atoms with Gasteiger partial charge in [0.25, 0.3) is 0 Å². The lowest BCUT2D eigenvalue weighted by molar-refractivity contribution is -0.127. The van der Waals surface area contributed by atoms with E-state index in [0.717, 1.165) is 12.2 Å². The lowest BCUT2D eigenvalue weighted by atomic mass is 9.94. The van der Waals surface area contributed by atoms with Crippen LogP contribution >= 0.6 is 0 Å². The van der Waals surface area contributed by atoms with Gasteiger partial charge < -0.3 is 10.2 Å². The van der Waals surface area contributed by atoms with Crippen molar-refractivity contribution < 1.29 is 4.79 Å². The number of carbonyl (C=O) groups excluding carboxylic acids is 1. The van der Waals surface area contributed by atoms with Crippen LogP contribution < -0.4 is 10.2 Å². The average Bonchev–Trinajstić information content (AvgIpc) is 2.34. The van der Waals surface area contributed by atoms with Gasteiger partial charge in [-0.25, -0.2) is 0 Å². The predicted octanol–water partition coefficient (Wildman–Crippen LogP) is 1.33. The minimum absolute atomic E-state index is 0.0989. The third-order valence-electron chi connectivity index (χ3n) is 3.69. The Balaban J connectivity index is 2.36. The zero-order valence-electron chi connectivity index (χ0n) is 12.2. The molecule has 1 atom stereocenters. The smallest absolute Gasteiger partial charge is 0.246 e. The third-order valence-corrected chi connectivity index (χ3v) is 3.69. The number of amides is 1. The molecule has 1 N–H and O–H groups in total. The van der Waals surface area contributed by atoms with Crippen LogP contribution in [0.4, 0.5) is 5.69 Å². The summed E-state index contributed by atoms with van der Waals surface area (Å²) in [6.45, 7) is 5.77. The number of hydrogen-bond acceptors (Lipinski definition) is 3. The number of nitrogens with one attached hydrogen (secondary N) is 1. The number of benzene rings is 1. The van der Waals surface area contributed by atoms with Gasteiger partial charge in [-0.05, 0) is 40.1 Å². The van der Waals surface area contributed by atoms with Gasteiger partial charge in [0.2, 0.25) is 5.91 Å². The van der Waals surface area contributed by atoms with E-state index in [1.54, 1.807) is 0 Å². The van der Waals surface area contributed by atoms with E-state index in [-0.39, 0.29) is 17.5 Å². The summed E-state index contributed by atoms with van der Waals surface area (Å²) in [5.41, 5.74) is 0.781. The molecule has 19 heavy (non-hydrogen) atoms. The number of anilines is 1. The van der Waals surface area contributed by atoms with Crippen LogP contribution in [-0.2, 0) is 4.79 Å². The lowest BCUT2D eigenvalue weighted by Crippen LogP contribution is -2.67. The molecule has 1 aromatic carbocycles. The van der Waals surface area contributed by atoms with E-state index in [1.165, 1.54) is 0 Å². The van der Waals surface area contributed by atoms with E-state index in [2.05, 4.69) is 24.1 Å². The van der Waals surface area contributed by atoms with E-state index in [0.29, 0.717) is 6.54 Å². The van der Waals surface area contributed by atoms with Crippen molar-refractivity contribution in [1.29, 1.82) is 0 Å². The Morgan fingerprint density at radius 1 is 1.32 bits per heavy atom. The molecule has 1 saturated heterocycles. The Hall–Kier alpha value is -1.39. The van der Waals surface area contributed by atoms with Gasteiger partial charge in [-0.15, -0.1) is 0 Å². The van der Waals surface area contributed by atoms with Crippen LogP contribution in [0.25, 0.3) is 0 Å². The van der Waals surface area contributed by atoms with Crippen LogP contribution in [0.5, 0.6) is 0 Å². The van der Waals surface area contributed by atoms with Gasteiger partial charge in [0.15, 0.2) is 0 Å². The summed E-state index contributed by atoms with van der Waals surface area (Å²) >= 11 is 0. The van der Waals surface area contributed by atoms with Crippen molar-refractivity contribution >= 4 is 11.6 Å². The monoisotopic (exact) mass is 261 g/mol. The molecule has 104 valence electrons. The lowest BCUT2D eigenvalue weighted by Gasteiger charge is -2.49. The van der Waals surface area contributed by atoms with Crippen molar-refractivity contribution in [3.05, 3.63) is 30.3 Å². The second kappa shape index (κ2) is 5.31. The maximum Gasteiger partial charge on any atom is 0.246 e. The normalized spacial score (nSPS) is 23.7. The van der Waals surface area contributed by atoms with Crippen molar-refractivity contribution in [2.24, 2.45) is 0 Å². The Labute approximate surface area is 115 Å². The van der Waals surface area contributed by atoms with Crippen molar-refractivity contribution in [3.8, 4) is 0 Å². The number of hydrogen-bond donors (Lipinski definition) is 1. The summed E-state index contributed by atoms with van der Waals surface area (Å²) in [4.78, 5) is 16.9. The summed E-state index contributed by atoms with van der Waals surface area (Å²) in [7, 11) is 3.90. The van der Waals surface area contributed by atoms with Crippen LogP contribution in [-0.4, -0.2) is 49.6 Å². The van der Waals surface area contributed by atoms with Gasteiger partial charge in [-0.1, -0.05) is 18.2 Å². The van der Waals surface area contributed by atoms with E-state index in [9.17, 15) is 4.79 Å². The number of nitrogens with zero attached hydrogens (tertiary/aromatic N) is 2. The minimum atomic E-state index is -0.197. The number of carbonyl (C=O) groups is 1. The van der Waals surface area contributed by atoms with E-state index in [4.69, 9.17) is 0 Å². The fourth-order valence-corrected chi connectivity index (χ4v) is 2.92.